The van der Waals surface area contributed by atoms with Crippen molar-refractivity contribution in [2.24, 2.45) is 0 Å². The topological polar surface area (TPSA) is 66.4 Å². The van der Waals surface area contributed by atoms with Gasteiger partial charge in [-0.1, -0.05) is 12.1 Å². The predicted octanol–water partition coefficient (Wildman–Crippen LogP) is 4.26. The van der Waals surface area contributed by atoms with E-state index in [4.69, 9.17) is 0 Å². The van der Waals surface area contributed by atoms with Gasteiger partial charge in [-0.25, -0.2) is 13.1 Å². The summed E-state index contributed by atoms with van der Waals surface area (Å²) in [6.45, 7) is 8.76. The van der Waals surface area contributed by atoms with Crippen molar-refractivity contribution in [3.8, 4) is 0 Å². The van der Waals surface area contributed by atoms with E-state index in [2.05, 4.69) is 4.72 Å². The SMILES string of the molecule is Cc1c(C)c(C)c(S(=O)(=O)NCC(O)c2ccc(C(F)(F)F)cc2)c(C)c1C. The Kier molecular flexibility index (Phi) is 6.28. The van der Waals surface area contributed by atoms with Crippen LogP contribution < -0.4 is 4.72 Å². The highest BCUT2D eigenvalue weighted by atomic mass is 32.2. The lowest BCUT2D eigenvalue weighted by Crippen LogP contribution is -2.30. The van der Waals surface area contributed by atoms with Crippen LogP contribution in [-0.4, -0.2) is 20.1 Å². The first-order valence-corrected chi connectivity index (χ1v) is 10.2. The van der Waals surface area contributed by atoms with Gasteiger partial charge in [0.2, 0.25) is 10.0 Å². The molecule has 2 aromatic rings. The highest BCUT2D eigenvalue weighted by molar-refractivity contribution is 7.89. The molecule has 0 bridgehead atoms. The second-order valence-corrected chi connectivity index (χ2v) is 8.65. The molecule has 28 heavy (non-hydrogen) atoms. The third-order valence-corrected chi connectivity index (χ3v) is 6.99. The van der Waals surface area contributed by atoms with Gasteiger partial charge in [0.15, 0.2) is 0 Å². The quantitative estimate of drug-likeness (QED) is 0.767. The number of rotatable bonds is 5. The van der Waals surface area contributed by atoms with Gasteiger partial charge in [0.25, 0.3) is 0 Å². The summed E-state index contributed by atoms with van der Waals surface area (Å²) in [5.41, 5.74) is 3.42. The van der Waals surface area contributed by atoms with Crippen LogP contribution in [0.15, 0.2) is 29.2 Å². The Labute approximate surface area is 163 Å². The molecule has 2 rings (SSSR count). The summed E-state index contributed by atoms with van der Waals surface area (Å²) in [6.07, 6.45) is -5.74. The van der Waals surface area contributed by atoms with Gasteiger partial charge in [-0.3, -0.25) is 0 Å². The number of halogens is 3. The molecule has 0 aliphatic heterocycles. The second kappa shape index (κ2) is 7.85. The fourth-order valence-corrected chi connectivity index (χ4v) is 4.78. The number of aliphatic hydroxyl groups is 1. The predicted molar refractivity (Wildman–Crippen MR) is 102 cm³/mol. The van der Waals surface area contributed by atoms with E-state index in [0.717, 1.165) is 41.0 Å². The van der Waals surface area contributed by atoms with Gasteiger partial charge in [-0.2, -0.15) is 13.2 Å². The molecule has 0 radical (unpaired) electrons. The lowest BCUT2D eigenvalue weighted by Gasteiger charge is -2.20. The first-order chi connectivity index (χ1) is 12.8. The van der Waals surface area contributed by atoms with Gasteiger partial charge in [-0.05, 0) is 80.1 Å². The number of nitrogens with one attached hydrogen (secondary N) is 1. The Morgan fingerprint density at radius 3 is 1.75 bits per heavy atom. The number of benzene rings is 2. The van der Waals surface area contributed by atoms with Crippen LogP contribution in [0.1, 0.15) is 45.0 Å². The summed E-state index contributed by atoms with van der Waals surface area (Å²) in [5, 5.41) is 10.2. The van der Waals surface area contributed by atoms with Gasteiger partial charge in [-0.15, -0.1) is 0 Å². The molecule has 0 saturated carbocycles. The van der Waals surface area contributed by atoms with E-state index in [1.54, 1.807) is 13.8 Å². The molecule has 0 amide bonds. The summed E-state index contributed by atoms with van der Waals surface area (Å²) < 4.78 is 65.9. The van der Waals surface area contributed by atoms with Gasteiger partial charge in [0, 0.05) is 6.54 Å². The minimum Gasteiger partial charge on any atom is -0.387 e. The molecule has 154 valence electrons. The summed E-state index contributed by atoms with van der Waals surface area (Å²) in [4.78, 5) is 0.174. The molecular weight excluding hydrogens is 391 g/mol. The van der Waals surface area contributed by atoms with Gasteiger partial charge in [0.05, 0.1) is 16.6 Å². The Morgan fingerprint density at radius 2 is 1.32 bits per heavy atom. The average molecular weight is 415 g/mol. The smallest absolute Gasteiger partial charge is 0.387 e. The van der Waals surface area contributed by atoms with Crippen LogP contribution in [-0.2, 0) is 16.2 Å². The Bertz CT molecular complexity index is 952. The molecule has 0 aliphatic carbocycles. The number of hydrogen-bond acceptors (Lipinski definition) is 3. The van der Waals surface area contributed by atoms with Crippen LogP contribution in [0.2, 0.25) is 0 Å². The zero-order valence-electron chi connectivity index (χ0n) is 16.4. The van der Waals surface area contributed by atoms with Crippen LogP contribution >= 0.6 is 0 Å². The minimum atomic E-state index is -4.47. The molecule has 2 aromatic carbocycles. The molecule has 0 heterocycles. The van der Waals surface area contributed by atoms with Crippen molar-refractivity contribution in [1.82, 2.24) is 4.72 Å². The van der Waals surface area contributed by atoms with Gasteiger partial charge < -0.3 is 5.11 Å². The molecule has 0 aromatic heterocycles. The van der Waals surface area contributed by atoms with E-state index in [-0.39, 0.29) is 17.0 Å². The van der Waals surface area contributed by atoms with Crippen molar-refractivity contribution >= 4 is 10.0 Å². The van der Waals surface area contributed by atoms with E-state index in [1.165, 1.54) is 0 Å². The maximum absolute atomic E-state index is 12.8. The largest absolute Gasteiger partial charge is 0.416 e. The molecule has 0 fully saturated rings. The fraction of sp³-hybridized carbons (Fsp3) is 0.400. The van der Waals surface area contributed by atoms with Crippen LogP contribution in [0.25, 0.3) is 0 Å². The minimum absolute atomic E-state index is 0.174. The monoisotopic (exact) mass is 415 g/mol. The maximum Gasteiger partial charge on any atom is 0.416 e. The normalized spacial score (nSPS) is 13.6. The summed E-state index contributed by atoms with van der Waals surface area (Å²) in [5.74, 6) is 0. The van der Waals surface area contributed by atoms with Crippen molar-refractivity contribution in [3.05, 3.63) is 63.2 Å². The second-order valence-electron chi connectivity index (χ2n) is 6.94. The molecule has 1 unspecified atom stereocenters. The Hall–Kier alpha value is -1.90. The first kappa shape index (κ1) is 22.4. The van der Waals surface area contributed by atoms with E-state index in [9.17, 15) is 26.7 Å². The van der Waals surface area contributed by atoms with Crippen LogP contribution in [0.4, 0.5) is 13.2 Å². The Balaban J connectivity index is 2.25. The van der Waals surface area contributed by atoms with Crippen molar-refractivity contribution < 1.29 is 26.7 Å². The third kappa shape index (κ3) is 4.39. The number of hydrogen-bond donors (Lipinski definition) is 2. The average Bonchev–Trinajstić information content (AvgIpc) is 2.62. The lowest BCUT2D eigenvalue weighted by atomic mass is 9.95. The van der Waals surface area contributed by atoms with Gasteiger partial charge >= 0.3 is 6.18 Å². The van der Waals surface area contributed by atoms with E-state index < -0.39 is 27.9 Å². The van der Waals surface area contributed by atoms with Crippen LogP contribution in [0.5, 0.6) is 0 Å². The van der Waals surface area contributed by atoms with E-state index >= 15 is 0 Å². The molecule has 4 nitrogen and oxygen atoms in total. The summed E-state index contributed by atoms with van der Waals surface area (Å²) >= 11 is 0. The standard InChI is InChI=1S/C20H24F3NO3S/c1-11-12(2)14(4)19(15(5)13(11)3)28(26,27)24-10-18(25)16-6-8-17(9-7-16)20(21,22)23/h6-9,18,24-25H,10H2,1-5H3. The zero-order valence-corrected chi connectivity index (χ0v) is 17.2. The van der Waals surface area contributed by atoms with E-state index in [0.29, 0.717) is 11.1 Å². The molecule has 0 spiro atoms. The van der Waals surface area contributed by atoms with Crippen molar-refractivity contribution in [3.63, 3.8) is 0 Å². The van der Waals surface area contributed by atoms with Crippen molar-refractivity contribution in [1.29, 1.82) is 0 Å². The number of sulfonamides is 1. The summed E-state index contributed by atoms with van der Waals surface area (Å²) in [6, 6.07) is 3.99. The first-order valence-electron chi connectivity index (χ1n) is 8.69. The van der Waals surface area contributed by atoms with Crippen molar-refractivity contribution in [2.45, 2.75) is 51.8 Å². The molecule has 8 heteroatoms. The number of aliphatic hydroxyl groups excluding tert-OH is 1. The van der Waals surface area contributed by atoms with Crippen LogP contribution in [0.3, 0.4) is 0 Å². The summed E-state index contributed by atoms with van der Waals surface area (Å²) in [7, 11) is -3.91. The fourth-order valence-electron chi connectivity index (χ4n) is 3.14. The highest BCUT2D eigenvalue weighted by Gasteiger charge is 2.30. The molecule has 2 N–H and O–H groups in total. The van der Waals surface area contributed by atoms with E-state index in [1.807, 2.05) is 20.8 Å². The van der Waals surface area contributed by atoms with Gasteiger partial charge in [0.1, 0.15) is 0 Å². The Morgan fingerprint density at radius 1 is 0.893 bits per heavy atom. The molecular formula is C20H24F3NO3S. The molecule has 0 saturated heterocycles. The molecule has 1 atom stereocenters. The lowest BCUT2D eigenvalue weighted by molar-refractivity contribution is -0.137. The zero-order chi connectivity index (χ0) is 21.4. The number of alkyl halides is 3. The highest BCUT2D eigenvalue weighted by Crippen LogP contribution is 2.31. The van der Waals surface area contributed by atoms with Crippen molar-refractivity contribution in [2.75, 3.05) is 6.54 Å². The maximum atomic E-state index is 12.8. The molecule has 0 aliphatic rings. The van der Waals surface area contributed by atoms with Crippen LogP contribution in [0, 0.1) is 34.6 Å². The third-order valence-electron chi connectivity index (χ3n) is 5.29.